The quantitative estimate of drug-likeness (QED) is 0.522. The van der Waals surface area contributed by atoms with Crippen molar-refractivity contribution in [1.29, 1.82) is 0 Å². The Kier molecular flexibility index (Phi) is 6.72. The van der Waals surface area contributed by atoms with Gasteiger partial charge in [-0.25, -0.2) is 4.98 Å². The van der Waals surface area contributed by atoms with E-state index < -0.39 is 0 Å². The predicted molar refractivity (Wildman–Crippen MR) is 120 cm³/mol. The number of fused-ring (bicyclic) bond motifs is 1. The lowest BCUT2D eigenvalue weighted by atomic mass is 10.1. The third-order valence-electron chi connectivity index (χ3n) is 5.03. The van der Waals surface area contributed by atoms with Crippen LogP contribution in [0.4, 0.5) is 0 Å². The van der Waals surface area contributed by atoms with E-state index >= 15 is 0 Å². The monoisotopic (exact) mass is 438 g/mol. The van der Waals surface area contributed by atoms with Gasteiger partial charge in [0.2, 0.25) is 5.91 Å². The summed E-state index contributed by atoms with van der Waals surface area (Å²) >= 11 is 1.52. The minimum atomic E-state index is 0.0497. The van der Waals surface area contributed by atoms with Gasteiger partial charge in [-0.2, -0.15) is 0 Å². The summed E-state index contributed by atoms with van der Waals surface area (Å²) in [5.41, 5.74) is 2.99. The first-order valence-electron chi connectivity index (χ1n) is 10.4. The van der Waals surface area contributed by atoms with Gasteiger partial charge in [-0.1, -0.05) is 23.8 Å². The summed E-state index contributed by atoms with van der Waals surface area (Å²) < 4.78 is 17.0. The molecule has 2 heterocycles. The highest BCUT2D eigenvalue weighted by Gasteiger charge is 2.17. The number of carbonyl (C=O) groups is 1. The number of nitrogens with zero attached hydrogens (tertiary/aromatic N) is 2. The van der Waals surface area contributed by atoms with Gasteiger partial charge in [0, 0.05) is 18.5 Å². The van der Waals surface area contributed by atoms with Crippen LogP contribution in [0.5, 0.6) is 17.2 Å². The van der Waals surface area contributed by atoms with Crippen molar-refractivity contribution < 1.29 is 19.0 Å². The number of amides is 1. The van der Waals surface area contributed by atoms with E-state index in [1.54, 1.807) is 0 Å². The second kappa shape index (κ2) is 9.83. The minimum absolute atomic E-state index is 0.0497. The molecule has 0 spiro atoms. The highest BCUT2D eigenvalue weighted by molar-refractivity contribution is 7.09. The first-order chi connectivity index (χ1) is 15.1. The molecule has 2 aromatic carbocycles. The van der Waals surface area contributed by atoms with E-state index in [1.165, 1.54) is 16.9 Å². The van der Waals surface area contributed by atoms with Crippen LogP contribution in [0.2, 0.25) is 0 Å². The highest BCUT2D eigenvalue weighted by Crippen LogP contribution is 2.31. The van der Waals surface area contributed by atoms with E-state index in [9.17, 15) is 4.79 Å². The van der Waals surface area contributed by atoms with Crippen LogP contribution in [0.1, 0.15) is 28.8 Å². The third kappa shape index (κ3) is 5.55. The largest absolute Gasteiger partial charge is 0.486 e. The molecule has 4 rings (SSSR count). The van der Waals surface area contributed by atoms with E-state index in [4.69, 9.17) is 14.2 Å². The average Bonchev–Trinajstić information content (AvgIpc) is 3.24. The Morgan fingerprint density at radius 1 is 1.13 bits per heavy atom. The van der Waals surface area contributed by atoms with Crippen LogP contribution in [-0.4, -0.2) is 35.5 Å². The van der Waals surface area contributed by atoms with Crippen LogP contribution in [-0.2, 0) is 24.4 Å². The number of hydrogen-bond donors (Lipinski definition) is 0. The van der Waals surface area contributed by atoms with E-state index in [0.717, 1.165) is 33.5 Å². The lowest BCUT2D eigenvalue weighted by Gasteiger charge is -2.23. The Balaban J connectivity index is 1.33. The van der Waals surface area contributed by atoms with Gasteiger partial charge in [0.15, 0.2) is 11.5 Å². The zero-order chi connectivity index (χ0) is 21.6. The van der Waals surface area contributed by atoms with Gasteiger partial charge in [-0.05, 0) is 43.7 Å². The maximum Gasteiger partial charge on any atom is 0.228 e. The number of thiazole rings is 1. The summed E-state index contributed by atoms with van der Waals surface area (Å²) in [6.45, 7) is 6.69. The topological polar surface area (TPSA) is 60.9 Å². The van der Waals surface area contributed by atoms with Gasteiger partial charge in [0.25, 0.3) is 0 Å². The summed E-state index contributed by atoms with van der Waals surface area (Å²) in [4.78, 5) is 19.3. The Bertz CT molecular complexity index is 1030. The maximum absolute atomic E-state index is 12.9. The number of likely N-dealkylation sites (N-methyl/N-ethyl adjacent to an activating group) is 1. The summed E-state index contributed by atoms with van der Waals surface area (Å²) in [6.07, 6.45) is 0.277. The molecule has 0 saturated carbocycles. The Morgan fingerprint density at radius 2 is 1.90 bits per heavy atom. The van der Waals surface area contributed by atoms with Crippen molar-refractivity contribution in [3.8, 4) is 17.2 Å². The van der Waals surface area contributed by atoms with Crippen molar-refractivity contribution in [1.82, 2.24) is 9.88 Å². The first-order valence-corrected chi connectivity index (χ1v) is 11.3. The number of aromatic nitrogens is 1. The Hall–Kier alpha value is -3.06. The normalized spacial score (nSPS) is 12.5. The van der Waals surface area contributed by atoms with Crippen molar-refractivity contribution in [2.45, 2.75) is 33.4 Å². The van der Waals surface area contributed by atoms with Gasteiger partial charge in [0.1, 0.15) is 30.6 Å². The number of ether oxygens (including phenoxy) is 3. The van der Waals surface area contributed by atoms with Gasteiger partial charge in [0.05, 0.1) is 12.1 Å². The van der Waals surface area contributed by atoms with Gasteiger partial charge >= 0.3 is 0 Å². The molecule has 0 N–H and O–H groups in total. The smallest absolute Gasteiger partial charge is 0.228 e. The molecule has 7 heteroatoms. The highest BCUT2D eigenvalue weighted by atomic mass is 32.1. The summed E-state index contributed by atoms with van der Waals surface area (Å²) in [7, 11) is 0. The van der Waals surface area contributed by atoms with Crippen molar-refractivity contribution in [2.75, 3.05) is 19.8 Å². The summed E-state index contributed by atoms with van der Waals surface area (Å²) in [5, 5.41) is 2.79. The molecule has 1 aromatic heterocycles. The number of hydrogen-bond acceptors (Lipinski definition) is 6. The minimum Gasteiger partial charge on any atom is -0.486 e. The molecule has 1 aliphatic heterocycles. The molecule has 1 amide bonds. The molecule has 6 nitrogen and oxygen atoms in total. The van der Waals surface area contributed by atoms with Crippen molar-refractivity contribution >= 4 is 17.2 Å². The molecule has 1 aliphatic rings. The van der Waals surface area contributed by atoms with Crippen LogP contribution in [0, 0.1) is 6.92 Å². The predicted octanol–water partition coefficient (Wildman–Crippen LogP) is 4.39. The van der Waals surface area contributed by atoms with Crippen LogP contribution < -0.4 is 14.2 Å². The second-order valence-electron chi connectivity index (χ2n) is 7.40. The molecular weight excluding hydrogens is 412 g/mol. The van der Waals surface area contributed by atoms with Crippen molar-refractivity contribution in [3.63, 3.8) is 0 Å². The standard InChI is InChI=1S/C24H26N2O4S/c1-3-26(14-18-6-9-21-22(12-18)29-11-10-28-21)24(27)13-19-16-31-23(25-19)15-30-20-7-4-17(2)5-8-20/h4-9,12,16H,3,10-11,13-15H2,1-2H3. The summed E-state index contributed by atoms with van der Waals surface area (Å²) in [6, 6.07) is 13.8. The molecule has 0 bridgehead atoms. The zero-order valence-electron chi connectivity index (χ0n) is 17.8. The zero-order valence-corrected chi connectivity index (χ0v) is 18.6. The first kappa shape index (κ1) is 21.2. The molecule has 31 heavy (non-hydrogen) atoms. The van der Waals surface area contributed by atoms with E-state index in [2.05, 4.69) is 4.98 Å². The second-order valence-corrected chi connectivity index (χ2v) is 8.34. The fraction of sp³-hybridized carbons (Fsp3) is 0.333. The SMILES string of the molecule is CCN(Cc1ccc2c(c1)OCCO2)C(=O)Cc1csc(COc2ccc(C)cc2)n1. The Labute approximate surface area is 186 Å². The summed E-state index contributed by atoms with van der Waals surface area (Å²) in [5.74, 6) is 2.36. The number of aryl methyl sites for hydroxylation is 1. The fourth-order valence-corrected chi connectivity index (χ4v) is 4.03. The molecule has 0 fully saturated rings. The lowest BCUT2D eigenvalue weighted by molar-refractivity contribution is -0.130. The van der Waals surface area contributed by atoms with Crippen LogP contribution in [0.15, 0.2) is 47.8 Å². The van der Waals surface area contributed by atoms with E-state index in [-0.39, 0.29) is 12.3 Å². The molecule has 0 aliphatic carbocycles. The van der Waals surface area contributed by atoms with Crippen molar-refractivity contribution in [3.05, 3.63) is 69.7 Å². The molecule has 0 saturated heterocycles. The van der Waals surface area contributed by atoms with Gasteiger partial charge in [-0.15, -0.1) is 11.3 Å². The van der Waals surface area contributed by atoms with Gasteiger partial charge in [-0.3, -0.25) is 4.79 Å². The molecular formula is C24H26N2O4S. The molecule has 162 valence electrons. The third-order valence-corrected chi connectivity index (χ3v) is 5.90. The van der Waals surface area contributed by atoms with E-state index in [0.29, 0.717) is 32.9 Å². The van der Waals surface area contributed by atoms with Gasteiger partial charge < -0.3 is 19.1 Å². The number of benzene rings is 2. The molecule has 3 aromatic rings. The maximum atomic E-state index is 12.9. The number of carbonyl (C=O) groups excluding carboxylic acids is 1. The Morgan fingerprint density at radius 3 is 2.68 bits per heavy atom. The molecule has 0 radical (unpaired) electrons. The molecule has 0 atom stereocenters. The molecule has 0 unspecified atom stereocenters. The number of rotatable bonds is 8. The van der Waals surface area contributed by atoms with Crippen molar-refractivity contribution in [2.24, 2.45) is 0 Å². The fourth-order valence-electron chi connectivity index (χ4n) is 3.33. The average molecular weight is 439 g/mol. The van der Waals surface area contributed by atoms with Crippen LogP contribution >= 0.6 is 11.3 Å². The van der Waals surface area contributed by atoms with Crippen LogP contribution in [0.25, 0.3) is 0 Å². The lowest BCUT2D eigenvalue weighted by Crippen LogP contribution is -2.31. The van der Waals surface area contributed by atoms with Crippen LogP contribution in [0.3, 0.4) is 0 Å². The van der Waals surface area contributed by atoms with E-state index in [1.807, 2.05) is 66.6 Å².